The maximum atomic E-state index is 13.0. The number of benzene rings is 2. The van der Waals surface area contributed by atoms with Crippen molar-refractivity contribution < 1.29 is 18.0 Å². The molecule has 2 atom stereocenters. The van der Waals surface area contributed by atoms with Gasteiger partial charge in [-0.1, -0.05) is 49.4 Å². The molecule has 1 amide bonds. The first kappa shape index (κ1) is 23.2. The number of anilines is 1. The summed E-state index contributed by atoms with van der Waals surface area (Å²) >= 11 is 2.14. The van der Waals surface area contributed by atoms with Crippen LogP contribution in [0.5, 0.6) is 0 Å². The van der Waals surface area contributed by atoms with Crippen LogP contribution >= 0.6 is 22.6 Å². The zero-order chi connectivity index (χ0) is 22.4. The van der Waals surface area contributed by atoms with Crippen molar-refractivity contribution in [2.45, 2.75) is 25.1 Å². The molecule has 0 fully saturated rings. The minimum Gasteiger partial charge on any atom is -0.309 e. The van der Waals surface area contributed by atoms with Crippen molar-refractivity contribution in [2.75, 3.05) is 11.9 Å². The van der Waals surface area contributed by atoms with Crippen LogP contribution in [0.15, 0.2) is 72.9 Å². The molecule has 0 saturated carbocycles. The smallest absolute Gasteiger partial charge is 0.309 e. The molecule has 31 heavy (non-hydrogen) atoms. The molecule has 4 nitrogen and oxygen atoms in total. The maximum absolute atomic E-state index is 13.0. The fraction of sp³-hybridized carbons (Fsp3) is 0.217. The van der Waals surface area contributed by atoms with Gasteiger partial charge in [0.15, 0.2) is 0 Å². The van der Waals surface area contributed by atoms with E-state index in [0.717, 1.165) is 26.8 Å². The number of carbonyl (C=O) groups is 1. The molecule has 0 aliphatic carbocycles. The lowest BCUT2D eigenvalue weighted by atomic mass is 9.98. The van der Waals surface area contributed by atoms with Crippen molar-refractivity contribution in [3.8, 4) is 0 Å². The summed E-state index contributed by atoms with van der Waals surface area (Å²) in [5.74, 6) is 0.0844. The Hall–Kier alpha value is -2.46. The van der Waals surface area contributed by atoms with Gasteiger partial charge in [0.2, 0.25) is 5.91 Å². The second-order valence-corrected chi connectivity index (χ2v) is 8.37. The monoisotopic (exact) mass is 539 g/mol. The van der Waals surface area contributed by atoms with E-state index >= 15 is 0 Å². The van der Waals surface area contributed by atoms with E-state index in [1.54, 1.807) is 12.3 Å². The van der Waals surface area contributed by atoms with Crippen molar-refractivity contribution in [3.05, 3.63) is 93.2 Å². The van der Waals surface area contributed by atoms with Gasteiger partial charge in [0.25, 0.3) is 0 Å². The molecular weight excluding hydrogens is 518 g/mol. The quantitative estimate of drug-likeness (QED) is 0.375. The van der Waals surface area contributed by atoms with Gasteiger partial charge in [-0.2, -0.15) is 13.2 Å². The molecule has 1 heterocycles. The van der Waals surface area contributed by atoms with E-state index in [4.69, 9.17) is 0 Å². The van der Waals surface area contributed by atoms with Gasteiger partial charge in [-0.05, 0) is 63.9 Å². The Bertz CT molecular complexity index is 993. The van der Waals surface area contributed by atoms with Crippen molar-refractivity contribution in [1.29, 1.82) is 0 Å². The van der Waals surface area contributed by atoms with Crippen LogP contribution in [-0.2, 0) is 11.0 Å². The Morgan fingerprint density at radius 1 is 1.00 bits per heavy atom. The Labute approximate surface area is 192 Å². The number of carbonyl (C=O) groups excluding carboxylic acids is 1. The second-order valence-electron chi connectivity index (χ2n) is 7.12. The number of hydrogen-bond acceptors (Lipinski definition) is 3. The predicted octanol–water partition coefficient (Wildman–Crippen LogP) is 5.78. The number of alkyl halides is 3. The molecule has 162 valence electrons. The predicted molar refractivity (Wildman–Crippen MR) is 123 cm³/mol. The van der Waals surface area contributed by atoms with Crippen LogP contribution in [0.3, 0.4) is 0 Å². The first-order valence-corrected chi connectivity index (χ1v) is 10.7. The van der Waals surface area contributed by atoms with Crippen LogP contribution in [0.25, 0.3) is 0 Å². The second kappa shape index (κ2) is 10.2. The molecule has 0 aliphatic rings. The van der Waals surface area contributed by atoms with Crippen LogP contribution in [0.2, 0.25) is 0 Å². The van der Waals surface area contributed by atoms with E-state index < -0.39 is 17.8 Å². The zero-order valence-electron chi connectivity index (χ0n) is 16.7. The number of hydrogen-bond donors (Lipinski definition) is 2. The normalized spacial score (nSPS) is 13.5. The maximum Gasteiger partial charge on any atom is 0.416 e. The highest BCUT2D eigenvalue weighted by Crippen LogP contribution is 2.30. The molecule has 0 aliphatic heterocycles. The van der Waals surface area contributed by atoms with E-state index in [1.807, 2.05) is 43.3 Å². The average Bonchev–Trinajstić information content (AvgIpc) is 2.75. The van der Waals surface area contributed by atoms with Crippen molar-refractivity contribution >= 4 is 34.3 Å². The van der Waals surface area contributed by atoms with Crippen molar-refractivity contribution in [2.24, 2.45) is 0 Å². The molecule has 0 saturated heterocycles. The highest BCUT2D eigenvalue weighted by Gasteiger charge is 2.30. The SMILES string of the molecule is C[C@H](CN[C@@H](C(=O)Nc1ccc(I)cn1)c1ccccc1)c1ccc(C(F)(F)F)cc1. The summed E-state index contributed by atoms with van der Waals surface area (Å²) < 4.78 is 39.3. The molecule has 3 rings (SSSR count). The number of amides is 1. The van der Waals surface area contributed by atoms with E-state index in [0.29, 0.717) is 12.4 Å². The number of aromatic nitrogens is 1. The molecule has 0 unspecified atom stereocenters. The molecule has 8 heteroatoms. The first-order valence-electron chi connectivity index (χ1n) is 9.62. The third-order valence-corrected chi connectivity index (χ3v) is 5.45. The number of nitrogens with zero attached hydrogens (tertiary/aromatic N) is 1. The third kappa shape index (κ3) is 6.51. The highest BCUT2D eigenvalue weighted by molar-refractivity contribution is 14.1. The lowest BCUT2D eigenvalue weighted by Crippen LogP contribution is -2.35. The zero-order valence-corrected chi connectivity index (χ0v) is 18.8. The van der Waals surface area contributed by atoms with Crippen LogP contribution in [0.4, 0.5) is 19.0 Å². The Balaban J connectivity index is 1.71. The van der Waals surface area contributed by atoms with Crippen LogP contribution in [0, 0.1) is 3.57 Å². The molecule has 2 N–H and O–H groups in total. The van der Waals surface area contributed by atoms with E-state index in [-0.39, 0.29) is 11.8 Å². The van der Waals surface area contributed by atoms with Gasteiger partial charge in [-0.25, -0.2) is 4.98 Å². The molecule has 2 aromatic carbocycles. The van der Waals surface area contributed by atoms with Crippen LogP contribution in [-0.4, -0.2) is 17.4 Å². The summed E-state index contributed by atoms with van der Waals surface area (Å²) in [6.45, 7) is 2.30. The molecule has 1 aromatic heterocycles. The minimum atomic E-state index is -4.36. The fourth-order valence-electron chi connectivity index (χ4n) is 3.07. The van der Waals surface area contributed by atoms with Gasteiger partial charge in [0.05, 0.1) is 5.56 Å². The van der Waals surface area contributed by atoms with Gasteiger partial charge in [-0.3, -0.25) is 4.79 Å². The molecule has 0 bridgehead atoms. The summed E-state index contributed by atoms with van der Waals surface area (Å²) in [4.78, 5) is 17.2. The third-order valence-electron chi connectivity index (χ3n) is 4.81. The Morgan fingerprint density at radius 2 is 1.68 bits per heavy atom. The molecule has 0 spiro atoms. The Kier molecular flexibility index (Phi) is 7.66. The van der Waals surface area contributed by atoms with E-state index in [1.165, 1.54) is 12.1 Å². The van der Waals surface area contributed by atoms with Crippen LogP contribution in [0.1, 0.15) is 35.6 Å². The largest absolute Gasteiger partial charge is 0.416 e. The number of pyridine rings is 1. The summed E-state index contributed by atoms with van der Waals surface area (Å²) in [6.07, 6.45) is -2.70. The number of rotatable bonds is 7. The van der Waals surface area contributed by atoms with E-state index in [9.17, 15) is 18.0 Å². The topological polar surface area (TPSA) is 54.0 Å². The average molecular weight is 539 g/mol. The first-order chi connectivity index (χ1) is 14.7. The molecule has 3 aromatic rings. The Morgan fingerprint density at radius 3 is 2.26 bits per heavy atom. The molecular formula is C23H21F3IN3O. The van der Waals surface area contributed by atoms with Crippen LogP contribution < -0.4 is 10.6 Å². The van der Waals surface area contributed by atoms with Crippen molar-refractivity contribution in [1.82, 2.24) is 10.3 Å². The molecule has 0 radical (unpaired) electrons. The number of halogens is 4. The number of nitrogens with one attached hydrogen (secondary N) is 2. The lowest BCUT2D eigenvalue weighted by molar-refractivity contribution is -0.137. The van der Waals surface area contributed by atoms with Gasteiger partial charge >= 0.3 is 6.18 Å². The fourth-order valence-corrected chi connectivity index (χ4v) is 3.39. The standard InChI is InChI=1S/C23H21F3IN3O/c1-15(16-7-9-18(10-8-16)23(24,25)26)13-29-21(17-5-3-2-4-6-17)22(31)30-20-12-11-19(27)14-28-20/h2-12,14-15,21,29H,13H2,1H3,(H,28,30,31)/t15-,21-/m1/s1. The summed E-state index contributed by atoms with van der Waals surface area (Å²) in [7, 11) is 0. The highest BCUT2D eigenvalue weighted by atomic mass is 127. The van der Waals surface area contributed by atoms with Gasteiger partial charge in [-0.15, -0.1) is 0 Å². The van der Waals surface area contributed by atoms with Gasteiger partial charge in [0, 0.05) is 16.3 Å². The summed E-state index contributed by atoms with van der Waals surface area (Å²) in [5.41, 5.74) is 0.861. The van der Waals surface area contributed by atoms with Gasteiger partial charge in [0.1, 0.15) is 11.9 Å². The minimum absolute atomic E-state index is 0.0993. The van der Waals surface area contributed by atoms with Crippen molar-refractivity contribution in [3.63, 3.8) is 0 Å². The lowest BCUT2D eigenvalue weighted by Gasteiger charge is -2.21. The summed E-state index contributed by atoms with van der Waals surface area (Å²) in [5, 5.41) is 6.06. The van der Waals surface area contributed by atoms with Gasteiger partial charge < -0.3 is 10.6 Å². The summed E-state index contributed by atoms with van der Waals surface area (Å²) in [6, 6.07) is 17.3. The van der Waals surface area contributed by atoms with E-state index in [2.05, 4.69) is 38.2 Å².